The first-order valence-corrected chi connectivity index (χ1v) is 5.91. The van der Waals surface area contributed by atoms with Gasteiger partial charge in [0.1, 0.15) is 0 Å². The normalized spacial score (nSPS) is 10.8. The molecule has 0 amide bonds. The maximum Gasteiger partial charge on any atom is 0.164 e. The molecule has 3 nitrogen and oxygen atoms in total. The van der Waals surface area contributed by atoms with Crippen LogP contribution in [0.25, 0.3) is 0 Å². The van der Waals surface area contributed by atoms with E-state index in [1.54, 1.807) is 0 Å². The number of carbonyl (C=O) groups excluding carboxylic acids is 1. The Balaban J connectivity index is 2.84. The zero-order valence-electron chi connectivity index (χ0n) is 10.6. The molecule has 0 aromatic carbocycles. The molecule has 0 aliphatic heterocycles. The summed E-state index contributed by atoms with van der Waals surface area (Å²) in [4.78, 5) is 12.0. The van der Waals surface area contributed by atoms with Crippen LogP contribution in [0.5, 0.6) is 0 Å². The second-order valence-electron chi connectivity index (χ2n) is 4.56. The van der Waals surface area contributed by atoms with Crippen molar-refractivity contribution < 1.29 is 4.79 Å². The SMILES string of the molecule is CCc1nnc(C)cc1C(=O)CCC(C)C. The number of Topliss-reactive ketones (excluding diaryl/α,β-unsaturated/α-hetero) is 1. The summed E-state index contributed by atoms with van der Waals surface area (Å²) in [5.41, 5.74) is 2.39. The Hall–Kier alpha value is -1.25. The summed E-state index contributed by atoms with van der Waals surface area (Å²) in [6.45, 7) is 8.12. The van der Waals surface area contributed by atoms with Gasteiger partial charge in [-0.3, -0.25) is 4.79 Å². The average molecular weight is 220 g/mol. The highest BCUT2D eigenvalue weighted by Crippen LogP contribution is 2.13. The number of ketones is 1. The van der Waals surface area contributed by atoms with E-state index < -0.39 is 0 Å². The molecule has 0 saturated carbocycles. The topological polar surface area (TPSA) is 42.9 Å². The Morgan fingerprint density at radius 1 is 1.38 bits per heavy atom. The van der Waals surface area contributed by atoms with Crippen molar-refractivity contribution in [2.75, 3.05) is 0 Å². The highest BCUT2D eigenvalue weighted by atomic mass is 16.1. The fourth-order valence-corrected chi connectivity index (χ4v) is 1.57. The molecular formula is C13H20N2O. The van der Waals surface area contributed by atoms with E-state index in [1.165, 1.54) is 0 Å². The third-order valence-corrected chi connectivity index (χ3v) is 2.58. The van der Waals surface area contributed by atoms with Crippen LogP contribution in [-0.4, -0.2) is 16.0 Å². The van der Waals surface area contributed by atoms with Gasteiger partial charge in [0.2, 0.25) is 0 Å². The number of aromatic nitrogens is 2. The van der Waals surface area contributed by atoms with E-state index in [0.717, 1.165) is 29.8 Å². The van der Waals surface area contributed by atoms with Crippen LogP contribution in [0.15, 0.2) is 6.07 Å². The Morgan fingerprint density at radius 2 is 2.06 bits per heavy atom. The molecule has 0 saturated heterocycles. The lowest BCUT2D eigenvalue weighted by atomic mass is 9.99. The lowest BCUT2D eigenvalue weighted by Gasteiger charge is -2.07. The van der Waals surface area contributed by atoms with Crippen molar-refractivity contribution in [3.05, 3.63) is 23.0 Å². The van der Waals surface area contributed by atoms with Crippen LogP contribution >= 0.6 is 0 Å². The minimum Gasteiger partial charge on any atom is -0.294 e. The second-order valence-corrected chi connectivity index (χ2v) is 4.56. The Labute approximate surface area is 97.3 Å². The van der Waals surface area contributed by atoms with Crippen LogP contribution in [0.2, 0.25) is 0 Å². The highest BCUT2D eigenvalue weighted by Gasteiger charge is 2.13. The number of rotatable bonds is 5. The second kappa shape index (κ2) is 5.73. The Kier molecular flexibility index (Phi) is 4.59. The Bertz CT molecular complexity index is 372. The van der Waals surface area contributed by atoms with Crippen LogP contribution in [0, 0.1) is 12.8 Å². The minimum atomic E-state index is 0.198. The summed E-state index contributed by atoms with van der Waals surface area (Å²) in [6.07, 6.45) is 2.30. The molecule has 88 valence electrons. The van der Waals surface area contributed by atoms with Crippen LogP contribution in [0.1, 0.15) is 55.4 Å². The van der Waals surface area contributed by atoms with Crippen molar-refractivity contribution in [2.45, 2.75) is 47.0 Å². The van der Waals surface area contributed by atoms with Crippen molar-refractivity contribution in [1.82, 2.24) is 10.2 Å². The molecule has 0 fully saturated rings. The summed E-state index contributed by atoms with van der Waals surface area (Å²) < 4.78 is 0. The third kappa shape index (κ3) is 3.40. The van der Waals surface area contributed by atoms with E-state index in [1.807, 2.05) is 19.9 Å². The first-order chi connectivity index (χ1) is 7.54. The molecule has 1 heterocycles. The molecule has 0 aliphatic rings. The minimum absolute atomic E-state index is 0.198. The maximum absolute atomic E-state index is 12.0. The van der Waals surface area contributed by atoms with Gasteiger partial charge in [0.15, 0.2) is 5.78 Å². The number of hydrogen-bond donors (Lipinski definition) is 0. The highest BCUT2D eigenvalue weighted by molar-refractivity contribution is 5.97. The smallest absolute Gasteiger partial charge is 0.164 e. The molecule has 0 atom stereocenters. The molecule has 1 aromatic rings. The number of hydrogen-bond acceptors (Lipinski definition) is 3. The molecule has 0 bridgehead atoms. The van der Waals surface area contributed by atoms with Gasteiger partial charge < -0.3 is 0 Å². The van der Waals surface area contributed by atoms with Crippen LogP contribution < -0.4 is 0 Å². The molecule has 0 N–H and O–H groups in total. The first kappa shape index (κ1) is 12.8. The van der Waals surface area contributed by atoms with Crippen molar-refractivity contribution in [1.29, 1.82) is 0 Å². The number of aryl methyl sites for hydroxylation is 2. The van der Waals surface area contributed by atoms with Gasteiger partial charge in [0, 0.05) is 12.0 Å². The summed E-state index contributed by atoms with van der Waals surface area (Å²) in [7, 11) is 0. The van der Waals surface area contributed by atoms with Gasteiger partial charge in [-0.1, -0.05) is 20.8 Å². The molecule has 3 heteroatoms. The van der Waals surface area contributed by atoms with Gasteiger partial charge >= 0.3 is 0 Å². The van der Waals surface area contributed by atoms with E-state index in [4.69, 9.17) is 0 Å². The largest absolute Gasteiger partial charge is 0.294 e. The van der Waals surface area contributed by atoms with Crippen molar-refractivity contribution in [2.24, 2.45) is 5.92 Å². The number of carbonyl (C=O) groups is 1. The number of nitrogens with zero attached hydrogens (tertiary/aromatic N) is 2. The fraction of sp³-hybridized carbons (Fsp3) is 0.615. The van der Waals surface area contributed by atoms with E-state index in [0.29, 0.717) is 12.3 Å². The van der Waals surface area contributed by atoms with E-state index in [2.05, 4.69) is 24.0 Å². The van der Waals surface area contributed by atoms with Gasteiger partial charge in [0.05, 0.1) is 11.4 Å². The zero-order chi connectivity index (χ0) is 12.1. The van der Waals surface area contributed by atoms with E-state index in [9.17, 15) is 4.79 Å². The van der Waals surface area contributed by atoms with Crippen molar-refractivity contribution in [3.8, 4) is 0 Å². The molecule has 0 radical (unpaired) electrons. The lowest BCUT2D eigenvalue weighted by Crippen LogP contribution is -2.08. The molecule has 16 heavy (non-hydrogen) atoms. The zero-order valence-corrected chi connectivity index (χ0v) is 10.6. The van der Waals surface area contributed by atoms with Gasteiger partial charge in [0.25, 0.3) is 0 Å². The van der Waals surface area contributed by atoms with Crippen LogP contribution in [-0.2, 0) is 6.42 Å². The molecule has 0 unspecified atom stereocenters. The first-order valence-electron chi connectivity index (χ1n) is 5.91. The van der Waals surface area contributed by atoms with Crippen molar-refractivity contribution in [3.63, 3.8) is 0 Å². The summed E-state index contributed by atoms with van der Waals surface area (Å²) in [5.74, 6) is 0.758. The molecule has 0 aliphatic carbocycles. The summed E-state index contributed by atoms with van der Waals surface area (Å²) >= 11 is 0. The summed E-state index contributed by atoms with van der Waals surface area (Å²) in [6, 6.07) is 1.86. The van der Waals surface area contributed by atoms with Crippen molar-refractivity contribution >= 4 is 5.78 Å². The summed E-state index contributed by atoms with van der Waals surface area (Å²) in [5, 5.41) is 8.06. The average Bonchev–Trinajstić information content (AvgIpc) is 2.25. The van der Waals surface area contributed by atoms with Gasteiger partial charge in [-0.25, -0.2) is 0 Å². The standard InChI is InChI=1S/C13H20N2O/c1-5-12-11(8-10(4)14-15-12)13(16)7-6-9(2)3/h8-9H,5-7H2,1-4H3. The van der Waals surface area contributed by atoms with Crippen LogP contribution in [0.4, 0.5) is 0 Å². The van der Waals surface area contributed by atoms with E-state index in [-0.39, 0.29) is 5.78 Å². The lowest BCUT2D eigenvalue weighted by molar-refractivity contribution is 0.0973. The van der Waals surface area contributed by atoms with Crippen LogP contribution in [0.3, 0.4) is 0 Å². The van der Waals surface area contributed by atoms with Gasteiger partial charge in [-0.15, -0.1) is 0 Å². The predicted octanol–water partition coefficient (Wildman–Crippen LogP) is 2.97. The van der Waals surface area contributed by atoms with Gasteiger partial charge in [-0.05, 0) is 31.7 Å². The molecular weight excluding hydrogens is 200 g/mol. The Morgan fingerprint density at radius 3 is 2.62 bits per heavy atom. The molecule has 0 spiro atoms. The van der Waals surface area contributed by atoms with Gasteiger partial charge in [-0.2, -0.15) is 10.2 Å². The maximum atomic E-state index is 12.0. The third-order valence-electron chi connectivity index (χ3n) is 2.58. The quantitative estimate of drug-likeness (QED) is 0.716. The fourth-order valence-electron chi connectivity index (χ4n) is 1.57. The monoisotopic (exact) mass is 220 g/mol. The predicted molar refractivity (Wildman–Crippen MR) is 64.5 cm³/mol. The molecule has 1 aromatic heterocycles. The van der Waals surface area contributed by atoms with E-state index >= 15 is 0 Å². The molecule has 1 rings (SSSR count).